The predicted molar refractivity (Wildman–Crippen MR) is 82.6 cm³/mol. The lowest BCUT2D eigenvalue weighted by Crippen LogP contribution is -2.43. The Labute approximate surface area is 122 Å². The van der Waals surface area contributed by atoms with Gasteiger partial charge in [-0.25, -0.2) is 0 Å². The highest BCUT2D eigenvalue weighted by atomic mass is 16.2. The van der Waals surface area contributed by atoms with Crippen molar-refractivity contribution in [2.75, 3.05) is 20.1 Å². The summed E-state index contributed by atoms with van der Waals surface area (Å²) in [7, 11) is 1.90. The molecule has 0 aliphatic carbocycles. The zero-order valence-corrected chi connectivity index (χ0v) is 12.9. The highest BCUT2D eigenvalue weighted by molar-refractivity contribution is 5.79. The fourth-order valence-corrected chi connectivity index (χ4v) is 3.01. The molecule has 0 saturated carbocycles. The minimum atomic E-state index is 0.0473. The number of benzene rings is 1. The minimum Gasteiger partial charge on any atom is -0.335 e. The molecule has 1 aliphatic rings. The molecule has 2 atom stereocenters. The van der Waals surface area contributed by atoms with E-state index in [1.165, 1.54) is 17.5 Å². The summed E-state index contributed by atoms with van der Waals surface area (Å²) in [4.78, 5) is 14.7. The molecular formula is C17H26N2O. The first-order valence-corrected chi connectivity index (χ1v) is 7.65. The zero-order chi connectivity index (χ0) is 14.5. The van der Waals surface area contributed by atoms with Gasteiger partial charge in [-0.3, -0.25) is 4.79 Å². The van der Waals surface area contributed by atoms with Crippen LogP contribution in [0.2, 0.25) is 0 Å². The lowest BCUT2D eigenvalue weighted by atomic mass is 9.93. The van der Waals surface area contributed by atoms with Gasteiger partial charge < -0.3 is 10.2 Å². The average Bonchev–Trinajstić information content (AvgIpc) is 2.47. The molecule has 0 spiro atoms. The third kappa shape index (κ3) is 3.40. The molecule has 1 saturated heterocycles. The van der Waals surface area contributed by atoms with Crippen molar-refractivity contribution in [3.63, 3.8) is 0 Å². The Morgan fingerprint density at radius 2 is 2.05 bits per heavy atom. The number of hydrogen-bond acceptors (Lipinski definition) is 2. The van der Waals surface area contributed by atoms with Crippen LogP contribution in [-0.4, -0.2) is 30.9 Å². The van der Waals surface area contributed by atoms with E-state index in [1.807, 2.05) is 14.0 Å². The van der Waals surface area contributed by atoms with Crippen molar-refractivity contribution < 1.29 is 4.79 Å². The minimum absolute atomic E-state index is 0.0473. The van der Waals surface area contributed by atoms with E-state index in [0.29, 0.717) is 0 Å². The molecule has 110 valence electrons. The van der Waals surface area contributed by atoms with Crippen LogP contribution >= 0.6 is 0 Å². The molecule has 0 radical (unpaired) electrons. The van der Waals surface area contributed by atoms with E-state index in [1.54, 1.807) is 0 Å². The lowest BCUT2D eigenvalue weighted by molar-refractivity contribution is -0.138. The normalized spacial score (nSPS) is 20.8. The van der Waals surface area contributed by atoms with Crippen LogP contribution in [0.1, 0.15) is 43.4 Å². The van der Waals surface area contributed by atoms with Crippen molar-refractivity contribution in [3.05, 3.63) is 35.4 Å². The second-order valence-corrected chi connectivity index (χ2v) is 5.91. The van der Waals surface area contributed by atoms with Gasteiger partial charge in [0.1, 0.15) is 0 Å². The summed E-state index contributed by atoms with van der Waals surface area (Å²) in [5.41, 5.74) is 2.55. The molecular weight excluding hydrogens is 248 g/mol. The van der Waals surface area contributed by atoms with E-state index in [2.05, 4.69) is 41.4 Å². The SMILES string of the molecule is CNCC(C)C(=O)N1CCCCC1c1ccc(C)cc1. The molecule has 3 heteroatoms. The Morgan fingerprint density at radius 1 is 1.35 bits per heavy atom. The number of nitrogens with zero attached hydrogens (tertiary/aromatic N) is 1. The van der Waals surface area contributed by atoms with E-state index in [4.69, 9.17) is 0 Å². The topological polar surface area (TPSA) is 32.3 Å². The zero-order valence-electron chi connectivity index (χ0n) is 12.9. The summed E-state index contributed by atoms with van der Waals surface area (Å²) in [5.74, 6) is 0.329. The maximum absolute atomic E-state index is 12.6. The van der Waals surface area contributed by atoms with Crippen molar-refractivity contribution in [1.82, 2.24) is 10.2 Å². The number of hydrogen-bond donors (Lipinski definition) is 1. The number of amides is 1. The first-order valence-electron chi connectivity index (χ1n) is 7.65. The number of carbonyl (C=O) groups is 1. The molecule has 2 rings (SSSR count). The quantitative estimate of drug-likeness (QED) is 0.915. The van der Waals surface area contributed by atoms with Crippen LogP contribution in [0.15, 0.2) is 24.3 Å². The van der Waals surface area contributed by atoms with Gasteiger partial charge >= 0.3 is 0 Å². The van der Waals surface area contributed by atoms with Crippen LogP contribution in [0.4, 0.5) is 0 Å². The summed E-state index contributed by atoms with van der Waals surface area (Å²) in [6, 6.07) is 8.90. The maximum atomic E-state index is 12.6. The van der Waals surface area contributed by atoms with E-state index in [9.17, 15) is 4.79 Å². The highest BCUT2D eigenvalue weighted by Crippen LogP contribution is 2.32. The largest absolute Gasteiger partial charge is 0.335 e. The van der Waals surface area contributed by atoms with Gasteiger partial charge in [0.25, 0.3) is 0 Å². The van der Waals surface area contributed by atoms with Gasteiger partial charge in [0, 0.05) is 19.0 Å². The molecule has 0 aromatic heterocycles. The number of carbonyl (C=O) groups excluding carboxylic acids is 1. The molecule has 3 nitrogen and oxygen atoms in total. The van der Waals surface area contributed by atoms with Crippen molar-refractivity contribution in [1.29, 1.82) is 0 Å². The van der Waals surface area contributed by atoms with Crippen molar-refractivity contribution >= 4 is 5.91 Å². The van der Waals surface area contributed by atoms with Crippen LogP contribution in [0.3, 0.4) is 0 Å². The molecule has 0 bridgehead atoms. The van der Waals surface area contributed by atoms with Crippen LogP contribution in [0.5, 0.6) is 0 Å². The van der Waals surface area contributed by atoms with Gasteiger partial charge in [0.2, 0.25) is 5.91 Å². The third-order valence-electron chi connectivity index (χ3n) is 4.18. The fourth-order valence-electron chi connectivity index (χ4n) is 3.01. The number of nitrogens with one attached hydrogen (secondary N) is 1. The van der Waals surface area contributed by atoms with E-state index < -0.39 is 0 Å². The number of aryl methyl sites for hydroxylation is 1. The van der Waals surface area contributed by atoms with E-state index in [-0.39, 0.29) is 17.9 Å². The molecule has 1 aromatic carbocycles. The van der Waals surface area contributed by atoms with Gasteiger partial charge in [-0.05, 0) is 38.8 Å². The summed E-state index contributed by atoms with van der Waals surface area (Å²) >= 11 is 0. The number of rotatable bonds is 4. The molecule has 1 aliphatic heterocycles. The van der Waals surface area contributed by atoms with Crippen molar-refractivity contribution in [2.45, 2.75) is 39.2 Å². The molecule has 1 amide bonds. The Hall–Kier alpha value is -1.35. The van der Waals surface area contributed by atoms with Crippen LogP contribution < -0.4 is 5.32 Å². The lowest BCUT2D eigenvalue weighted by Gasteiger charge is -2.37. The number of piperidine rings is 1. The Balaban J connectivity index is 2.16. The molecule has 1 aromatic rings. The average molecular weight is 274 g/mol. The first-order chi connectivity index (χ1) is 9.63. The first kappa shape index (κ1) is 15.0. The molecule has 1 heterocycles. The summed E-state index contributed by atoms with van der Waals surface area (Å²) in [6.07, 6.45) is 3.42. The second kappa shape index (κ2) is 6.89. The fraction of sp³-hybridized carbons (Fsp3) is 0.588. The predicted octanol–water partition coefficient (Wildman–Crippen LogP) is 2.90. The molecule has 2 unspecified atom stereocenters. The van der Waals surface area contributed by atoms with E-state index in [0.717, 1.165) is 25.9 Å². The van der Waals surface area contributed by atoms with Gasteiger partial charge in [0.15, 0.2) is 0 Å². The van der Waals surface area contributed by atoms with Crippen LogP contribution in [-0.2, 0) is 4.79 Å². The Morgan fingerprint density at radius 3 is 2.70 bits per heavy atom. The summed E-state index contributed by atoms with van der Waals surface area (Å²) in [5, 5.41) is 3.10. The second-order valence-electron chi connectivity index (χ2n) is 5.91. The third-order valence-corrected chi connectivity index (χ3v) is 4.18. The van der Waals surface area contributed by atoms with Gasteiger partial charge in [0.05, 0.1) is 6.04 Å². The summed E-state index contributed by atoms with van der Waals surface area (Å²) in [6.45, 7) is 5.75. The van der Waals surface area contributed by atoms with Crippen molar-refractivity contribution in [3.8, 4) is 0 Å². The molecule has 1 N–H and O–H groups in total. The Kier molecular flexibility index (Phi) is 5.18. The van der Waals surface area contributed by atoms with Gasteiger partial charge in [-0.1, -0.05) is 36.8 Å². The molecule has 1 fully saturated rings. The van der Waals surface area contributed by atoms with Crippen LogP contribution in [0, 0.1) is 12.8 Å². The monoisotopic (exact) mass is 274 g/mol. The molecule has 20 heavy (non-hydrogen) atoms. The van der Waals surface area contributed by atoms with Gasteiger partial charge in [-0.15, -0.1) is 0 Å². The standard InChI is InChI=1S/C17H26N2O/c1-13-7-9-15(10-8-13)16-6-4-5-11-19(16)17(20)14(2)12-18-3/h7-10,14,16,18H,4-6,11-12H2,1-3H3. The van der Waals surface area contributed by atoms with Gasteiger partial charge in [-0.2, -0.15) is 0 Å². The summed E-state index contributed by atoms with van der Waals surface area (Å²) < 4.78 is 0. The smallest absolute Gasteiger partial charge is 0.227 e. The Bertz CT molecular complexity index is 441. The highest BCUT2D eigenvalue weighted by Gasteiger charge is 2.30. The van der Waals surface area contributed by atoms with Crippen molar-refractivity contribution in [2.24, 2.45) is 5.92 Å². The number of likely N-dealkylation sites (tertiary alicyclic amines) is 1. The maximum Gasteiger partial charge on any atom is 0.227 e. The van der Waals surface area contributed by atoms with E-state index >= 15 is 0 Å². The van der Waals surface area contributed by atoms with Crippen LogP contribution in [0.25, 0.3) is 0 Å².